The van der Waals surface area contributed by atoms with E-state index in [4.69, 9.17) is 4.74 Å². The monoisotopic (exact) mass is 382 g/mol. The number of hydrogen-bond donors (Lipinski definition) is 0. The van der Waals surface area contributed by atoms with Gasteiger partial charge in [0.15, 0.2) is 0 Å². The summed E-state index contributed by atoms with van der Waals surface area (Å²) >= 11 is 0. The molecule has 29 heavy (non-hydrogen) atoms. The van der Waals surface area contributed by atoms with Gasteiger partial charge in [-0.25, -0.2) is 0 Å². The van der Waals surface area contributed by atoms with Gasteiger partial charge in [0.25, 0.3) is 0 Å². The first kappa shape index (κ1) is 18.8. The first-order valence-corrected chi connectivity index (χ1v) is 9.78. The van der Waals surface area contributed by atoms with E-state index in [2.05, 4.69) is 6.07 Å². The van der Waals surface area contributed by atoms with Crippen LogP contribution in [-0.4, -0.2) is 17.4 Å². The van der Waals surface area contributed by atoms with E-state index in [1.807, 2.05) is 71.6 Å². The molecule has 0 atom stereocenters. The molecule has 0 bridgehead atoms. The maximum atomic E-state index is 12.7. The van der Waals surface area contributed by atoms with Gasteiger partial charge in [-0.15, -0.1) is 0 Å². The van der Waals surface area contributed by atoms with E-state index in [1.165, 1.54) is 0 Å². The number of ether oxygens (including phenoxy) is 1. The molecule has 144 valence electrons. The maximum absolute atomic E-state index is 12.7. The van der Waals surface area contributed by atoms with Gasteiger partial charge in [0, 0.05) is 18.7 Å². The van der Waals surface area contributed by atoms with Crippen LogP contribution in [0.4, 0.5) is 0 Å². The molecule has 1 aliphatic rings. The van der Waals surface area contributed by atoms with Crippen LogP contribution in [0.15, 0.2) is 72.8 Å². The molecule has 1 amide bonds. The summed E-state index contributed by atoms with van der Waals surface area (Å²) in [4.78, 5) is 14.6. The topological polar surface area (TPSA) is 53.3 Å². The first-order chi connectivity index (χ1) is 14.2. The fourth-order valence-corrected chi connectivity index (χ4v) is 3.70. The van der Waals surface area contributed by atoms with Gasteiger partial charge in [-0.3, -0.25) is 4.79 Å². The predicted octanol–water partition coefficient (Wildman–Crippen LogP) is 4.26. The van der Waals surface area contributed by atoms with Crippen LogP contribution in [0.2, 0.25) is 0 Å². The van der Waals surface area contributed by atoms with Crippen molar-refractivity contribution in [2.24, 2.45) is 0 Å². The van der Waals surface area contributed by atoms with Crippen LogP contribution in [0, 0.1) is 11.3 Å². The third kappa shape index (κ3) is 4.30. The second kappa shape index (κ2) is 8.62. The molecule has 0 spiro atoms. The summed E-state index contributed by atoms with van der Waals surface area (Å²) in [5.41, 5.74) is 4.73. The molecule has 0 N–H and O–H groups in total. The molecule has 3 aromatic rings. The summed E-state index contributed by atoms with van der Waals surface area (Å²) in [6, 6.07) is 25.7. The zero-order valence-electron chi connectivity index (χ0n) is 16.2. The molecule has 0 radical (unpaired) electrons. The Hall–Kier alpha value is -3.58. The Bertz CT molecular complexity index is 1040. The Balaban J connectivity index is 1.51. The van der Waals surface area contributed by atoms with E-state index in [0.29, 0.717) is 43.9 Å². The normalized spacial score (nSPS) is 12.7. The van der Waals surface area contributed by atoms with Crippen LogP contribution in [0.1, 0.15) is 27.8 Å². The third-order valence-corrected chi connectivity index (χ3v) is 5.25. The molecule has 4 heteroatoms. The average molecular weight is 382 g/mol. The quantitative estimate of drug-likeness (QED) is 0.662. The molecule has 0 aliphatic carbocycles. The molecule has 0 saturated heterocycles. The molecule has 4 rings (SSSR count). The van der Waals surface area contributed by atoms with Crippen molar-refractivity contribution in [3.63, 3.8) is 0 Å². The lowest BCUT2D eigenvalue weighted by atomic mass is 9.95. The summed E-state index contributed by atoms with van der Waals surface area (Å²) in [6.07, 6.45) is 1.10. The second-order valence-corrected chi connectivity index (χ2v) is 7.19. The van der Waals surface area contributed by atoms with E-state index in [9.17, 15) is 10.1 Å². The summed E-state index contributed by atoms with van der Waals surface area (Å²) in [7, 11) is 0. The van der Waals surface area contributed by atoms with Crippen molar-refractivity contribution >= 4 is 5.91 Å². The number of amides is 1. The van der Waals surface area contributed by atoms with Crippen LogP contribution in [0.3, 0.4) is 0 Å². The molecule has 3 aromatic carbocycles. The van der Waals surface area contributed by atoms with Gasteiger partial charge in [0.2, 0.25) is 5.91 Å². The van der Waals surface area contributed by atoms with Gasteiger partial charge in [-0.05, 0) is 29.2 Å². The molecule has 0 fully saturated rings. The molecule has 0 saturated carbocycles. The molecule has 4 nitrogen and oxygen atoms in total. The number of nitrogens with zero attached hydrogens (tertiary/aromatic N) is 2. The van der Waals surface area contributed by atoms with Gasteiger partial charge in [0.1, 0.15) is 18.4 Å². The number of rotatable bonds is 5. The number of carbonyl (C=O) groups is 1. The first-order valence-electron chi connectivity index (χ1n) is 9.78. The summed E-state index contributed by atoms with van der Waals surface area (Å²) in [6.45, 7) is 1.60. The Morgan fingerprint density at radius 3 is 2.34 bits per heavy atom. The van der Waals surface area contributed by atoms with Gasteiger partial charge in [0.05, 0.1) is 12.0 Å². The summed E-state index contributed by atoms with van der Waals surface area (Å²) in [5.74, 6) is 0.780. The van der Waals surface area contributed by atoms with E-state index in [0.717, 1.165) is 22.3 Å². The van der Waals surface area contributed by atoms with Crippen molar-refractivity contribution in [2.75, 3.05) is 6.54 Å². The van der Waals surface area contributed by atoms with Crippen molar-refractivity contribution in [1.29, 1.82) is 5.26 Å². The van der Waals surface area contributed by atoms with Crippen LogP contribution in [-0.2, 0) is 30.8 Å². The zero-order chi connectivity index (χ0) is 20.1. The minimum Gasteiger partial charge on any atom is -0.487 e. The van der Waals surface area contributed by atoms with Gasteiger partial charge in [-0.2, -0.15) is 5.26 Å². The lowest BCUT2D eigenvalue weighted by molar-refractivity contribution is -0.131. The number of hydrogen-bond acceptors (Lipinski definition) is 3. The number of carbonyl (C=O) groups excluding carboxylic acids is 1. The minimum absolute atomic E-state index is 0.123. The molecule has 0 aromatic heterocycles. The van der Waals surface area contributed by atoms with Crippen molar-refractivity contribution < 1.29 is 9.53 Å². The van der Waals surface area contributed by atoms with Gasteiger partial charge in [-0.1, -0.05) is 66.7 Å². The fraction of sp³-hybridized carbons (Fsp3) is 0.200. The van der Waals surface area contributed by atoms with E-state index < -0.39 is 0 Å². The molecule has 0 unspecified atom stereocenters. The number of nitriles is 1. The largest absolute Gasteiger partial charge is 0.487 e. The highest BCUT2D eigenvalue weighted by Crippen LogP contribution is 2.32. The standard InChI is InChI=1S/C25H22N2O2/c26-16-21-11-12-22-17-27(24(28)15-19-7-3-1-4-8-19)14-13-23(22)25(21)29-18-20-9-5-2-6-10-20/h1-12H,13-15,17-18H2. The Labute approximate surface area is 171 Å². The van der Waals surface area contributed by atoms with Crippen LogP contribution < -0.4 is 4.74 Å². The SMILES string of the molecule is N#Cc1ccc2c(c1OCc1ccccc1)CCN(C(=O)Cc1ccccc1)C2. The number of benzene rings is 3. The van der Waals surface area contributed by atoms with Crippen LogP contribution in [0.25, 0.3) is 0 Å². The lowest BCUT2D eigenvalue weighted by Crippen LogP contribution is -2.37. The van der Waals surface area contributed by atoms with Crippen LogP contribution in [0.5, 0.6) is 5.75 Å². The number of fused-ring (bicyclic) bond motifs is 1. The fourth-order valence-electron chi connectivity index (χ4n) is 3.70. The highest BCUT2D eigenvalue weighted by atomic mass is 16.5. The van der Waals surface area contributed by atoms with Crippen molar-refractivity contribution in [1.82, 2.24) is 4.90 Å². The predicted molar refractivity (Wildman–Crippen MR) is 111 cm³/mol. The summed E-state index contributed by atoms with van der Waals surface area (Å²) < 4.78 is 6.08. The van der Waals surface area contributed by atoms with E-state index in [-0.39, 0.29) is 5.91 Å². The maximum Gasteiger partial charge on any atom is 0.227 e. The molecule has 1 heterocycles. The summed E-state index contributed by atoms with van der Waals surface area (Å²) in [5, 5.41) is 9.53. The highest BCUT2D eigenvalue weighted by molar-refractivity contribution is 5.79. The van der Waals surface area contributed by atoms with Crippen molar-refractivity contribution in [3.05, 3.63) is 101 Å². The van der Waals surface area contributed by atoms with Crippen LogP contribution >= 0.6 is 0 Å². The van der Waals surface area contributed by atoms with Crippen molar-refractivity contribution in [3.8, 4) is 11.8 Å². The third-order valence-electron chi connectivity index (χ3n) is 5.25. The molecule has 1 aliphatic heterocycles. The average Bonchev–Trinajstić information content (AvgIpc) is 2.78. The van der Waals surface area contributed by atoms with Gasteiger partial charge < -0.3 is 9.64 Å². The van der Waals surface area contributed by atoms with E-state index >= 15 is 0 Å². The smallest absolute Gasteiger partial charge is 0.227 e. The minimum atomic E-state index is 0.123. The van der Waals surface area contributed by atoms with Crippen molar-refractivity contribution in [2.45, 2.75) is 26.0 Å². The van der Waals surface area contributed by atoms with Gasteiger partial charge >= 0.3 is 0 Å². The van der Waals surface area contributed by atoms with E-state index in [1.54, 1.807) is 6.07 Å². The second-order valence-electron chi connectivity index (χ2n) is 7.19. The highest BCUT2D eigenvalue weighted by Gasteiger charge is 2.25. The Morgan fingerprint density at radius 2 is 1.66 bits per heavy atom. The Morgan fingerprint density at radius 1 is 0.966 bits per heavy atom. The lowest BCUT2D eigenvalue weighted by Gasteiger charge is -2.30. The molecular formula is C25H22N2O2. The zero-order valence-corrected chi connectivity index (χ0v) is 16.2. The molecular weight excluding hydrogens is 360 g/mol. The Kier molecular flexibility index (Phi) is 5.58.